The molecule has 0 unspecified atom stereocenters. The highest BCUT2D eigenvalue weighted by Gasteiger charge is 2.14. The van der Waals surface area contributed by atoms with E-state index < -0.39 is 0 Å². The minimum Gasteiger partial charge on any atom is -0.336 e. The third-order valence-corrected chi connectivity index (χ3v) is 3.27. The Labute approximate surface area is 121 Å². The first-order valence-corrected chi connectivity index (χ1v) is 6.91. The summed E-state index contributed by atoms with van der Waals surface area (Å²) >= 11 is 0. The highest BCUT2D eigenvalue weighted by molar-refractivity contribution is 5.95. The molecule has 4 nitrogen and oxygen atoms in total. The van der Waals surface area contributed by atoms with Gasteiger partial charge in [-0.3, -0.25) is 9.59 Å². The molecule has 1 aromatic rings. The Morgan fingerprint density at radius 3 is 2.50 bits per heavy atom. The lowest BCUT2D eigenvalue weighted by Crippen LogP contribution is -2.35. The summed E-state index contributed by atoms with van der Waals surface area (Å²) in [4.78, 5) is 25.3. The number of likely N-dealkylation sites (N-methyl/N-ethyl adjacent to an activating group) is 1. The van der Waals surface area contributed by atoms with Crippen molar-refractivity contribution in [3.8, 4) is 0 Å². The van der Waals surface area contributed by atoms with E-state index in [1.165, 1.54) is 4.90 Å². The summed E-state index contributed by atoms with van der Waals surface area (Å²) in [5.41, 5.74) is 2.99. The van der Waals surface area contributed by atoms with Gasteiger partial charge < -0.3 is 10.2 Å². The fourth-order valence-electron chi connectivity index (χ4n) is 1.88. The van der Waals surface area contributed by atoms with Gasteiger partial charge in [0.2, 0.25) is 11.8 Å². The highest BCUT2D eigenvalue weighted by Crippen LogP contribution is 2.17. The first-order valence-electron chi connectivity index (χ1n) is 6.91. The second-order valence-corrected chi connectivity index (χ2v) is 5.64. The summed E-state index contributed by atoms with van der Waals surface area (Å²) in [6, 6.07) is 5.78. The van der Waals surface area contributed by atoms with Crippen molar-refractivity contribution < 1.29 is 9.59 Å². The largest absolute Gasteiger partial charge is 0.336 e. The van der Waals surface area contributed by atoms with Crippen LogP contribution >= 0.6 is 0 Å². The van der Waals surface area contributed by atoms with Crippen LogP contribution in [-0.2, 0) is 9.59 Å². The molecule has 0 aliphatic carbocycles. The van der Waals surface area contributed by atoms with E-state index in [1.54, 1.807) is 7.05 Å². The summed E-state index contributed by atoms with van der Waals surface area (Å²) < 4.78 is 0. The second kappa shape index (κ2) is 7.08. The number of carbonyl (C=O) groups is 2. The minimum absolute atomic E-state index is 0.00360. The quantitative estimate of drug-likeness (QED) is 0.899. The van der Waals surface area contributed by atoms with Crippen LogP contribution in [0.5, 0.6) is 0 Å². The number of nitrogens with zero attached hydrogens (tertiary/aromatic N) is 1. The standard InChI is InChI=1S/C16H24N2O2/c1-11(2)9-16(20)18(5)10-15(19)17-14-8-6-7-12(3)13(14)4/h6-8,11H,9-10H2,1-5H3,(H,17,19). The van der Waals surface area contributed by atoms with Gasteiger partial charge in [-0.05, 0) is 37.0 Å². The van der Waals surface area contributed by atoms with Gasteiger partial charge in [-0.15, -0.1) is 0 Å². The van der Waals surface area contributed by atoms with Crippen molar-refractivity contribution in [3.63, 3.8) is 0 Å². The van der Waals surface area contributed by atoms with Crippen LogP contribution < -0.4 is 5.32 Å². The molecule has 0 aliphatic rings. The SMILES string of the molecule is Cc1cccc(NC(=O)CN(C)C(=O)CC(C)C)c1C. The first kappa shape index (κ1) is 16.2. The van der Waals surface area contributed by atoms with Gasteiger partial charge >= 0.3 is 0 Å². The maximum Gasteiger partial charge on any atom is 0.243 e. The molecule has 1 rings (SSSR count). The van der Waals surface area contributed by atoms with Crippen molar-refractivity contribution in [3.05, 3.63) is 29.3 Å². The molecule has 110 valence electrons. The molecule has 4 heteroatoms. The van der Waals surface area contributed by atoms with Crippen molar-refractivity contribution in [2.24, 2.45) is 5.92 Å². The molecule has 0 aromatic heterocycles. The number of aryl methyl sites for hydroxylation is 1. The predicted octanol–water partition coefficient (Wildman–Crippen LogP) is 2.75. The van der Waals surface area contributed by atoms with Gasteiger partial charge in [0.15, 0.2) is 0 Å². The van der Waals surface area contributed by atoms with E-state index in [-0.39, 0.29) is 18.4 Å². The summed E-state index contributed by atoms with van der Waals surface area (Å²) in [6.45, 7) is 8.03. The maximum absolute atomic E-state index is 12.0. The molecular formula is C16H24N2O2. The third-order valence-electron chi connectivity index (χ3n) is 3.27. The molecule has 2 amide bonds. The van der Waals surface area contributed by atoms with Crippen LogP contribution in [0.2, 0.25) is 0 Å². The van der Waals surface area contributed by atoms with Crippen molar-refractivity contribution in [1.82, 2.24) is 4.90 Å². The Kier molecular flexibility index (Phi) is 5.74. The lowest BCUT2D eigenvalue weighted by atomic mass is 10.1. The molecule has 1 aromatic carbocycles. The van der Waals surface area contributed by atoms with Crippen LogP contribution in [0.3, 0.4) is 0 Å². The molecule has 0 radical (unpaired) electrons. The van der Waals surface area contributed by atoms with E-state index in [2.05, 4.69) is 5.32 Å². The van der Waals surface area contributed by atoms with E-state index in [0.717, 1.165) is 16.8 Å². The van der Waals surface area contributed by atoms with Crippen LogP contribution in [-0.4, -0.2) is 30.3 Å². The molecule has 0 aliphatic heterocycles. The first-order chi connectivity index (χ1) is 9.31. The zero-order chi connectivity index (χ0) is 15.3. The number of rotatable bonds is 5. The zero-order valence-electron chi connectivity index (χ0n) is 13.0. The summed E-state index contributed by atoms with van der Waals surface area (Å²) in [5, 5.41) is 2.86. The van der Waals surface area contributed by atoms with E-state index >= 15 is 0 Å². The third kappa shape index (κ3) is 4.68. The van der Waals surface area contributed by atoms with E-state index in [9.17, 15) is 9.59 Å². The Morgan fingerprint density at radius 1 is 1.25 bits per heavy atom. The number of carbonyl (C=O) groups excluding carboxylic acids is 2. The van der Waals surface area contributed by atoms with Crippen LogP contribution in [0, 0.1) is 19.8 Å². The van der Waals surface area contributed by atoms with Gasteiger partial charge in [0, 0.05) is 19.2 Å². The molecule has 0 heterocycles. The molecule has 1 N–H and O–H groups in total. The fourth-order valence-corrected chi connectivity index (χ4v) is 1.88. The molecule has 20 heavy (non-hydrogen) atoms. The van der Waals surface area contributed by atoms with E-state index in [0.29, 0.717) is 12.3 Å². The number of hydrogen-bond donors (Lipinski definition) is 1. The lowest BCUT2D eigenvalue weighted by Gasteiger charge is -2.18. The predicted molar refractivity (Wildman–Crippen MR) is 81.6 cm³/mol. The summed E-state index contributed by atoms with van der Waals surface area (Å²) in [7, 11) is 1.66. The van der Waals surface area contributed by atoms with Gasteiger partial charge in [0.25, 0.3) is 0 Å². The average Bonchev–Trinajstić information content (AvgIpc) is 2.34. The monoisotopic (exact) mass is 276 g/mol. The van der Waals surface area contributed by atoms with Gasteiger partial charge in [0.1, 0.15) is 0 Å². The normalized spacial score (nSPS) is 10.5. The Bertz CT molecular complexity index is 495. The summed E-state index contributed by atoms with van der Waals surface area (Å²) in [6.07, 6.45) is 0.466. The lowest BCUT2D eigenvalue weighted by molar-refractivity contribution is -0.133. The zero-order valence-corrected chi connectivity index (χ0v) is 13.0. The minimum atomic E-state index is -0.168. The molecule has 0 saturated heterocycles. The molecule has 0 saturated carbocycles. The van der Waals surface area contributed by atoms with Gasteiger partial charge in [-0.25, -0.2) is 0 Å². The van der Waals surface area contributed by atoms with Crippen molar-refractivity contribution in [2.75, 3.05) is 18.9 Å². The van der Waals surface area contributed by atoms with E-state index in [1.807, 2.05) is 45.9 Å². The van der Waals surface area contributed by atoms with Crippen LogP contribution in [0.1, 0.15) is 31.4 Å². The number of benzene rings is 1. The number of hydrogen-bond acceptors (Lipinski definition) is 2. The van der Waals surface area contributed by atoms with Crippen LogP contribution in [0.15, 0.2) is 18.2 Å². The summed E-state index contributed by atoms with van der Waals surface area (Å²) in [5.74, 6) is 0.126. The Morgan fingerprint density at radius 2 is 1.90 bits per heavy atom. The number of nitrogens with one attached hydrogen (secondary N) is 1. The fraction of sp³-hybridized carbons (Fsp3) is 0.500. The van der Waals surface area contributed by atoms with Gasteiger partial charge in [-0.2, -0.15) is 0 Å². The molecule has 0 fully saturated rings. The van der Waals surface area contributed by atoms with Crippen LogP contribution in [0.25, 0.3) is 0 Å². The Balaban J connectivity index is 2.59. The topological polar surface area (TPSA) is 49.4 Å². The maximum atomic E-state index is 12.0. The van der Waals surface area contributed by atoms with Crippen molar-refractivity contribution >= 4 is 17.5 Å². The molecular weight excluding hydrogens is 252 g/mol. The molecule has 0 atom stereocenters. The smallest absolute Gasteiger partial charge is 0.243 e. The highest BCUT2D eigenvalue weighted by atomic mass is 16.2. The van der Waals surface area contributed by atoms with Crippen LogP contribution in [0.4, 0.5) is 5.69 Å². The van der Waals surface area contributed by atoms with Crippen molar-refractivity contribution in [1.29, 1.82) is 0 Å². The average molecular weight is 276 g/mol. The number of anilines is 1. The van der Waals surface area contributed by atoms with Crippen molar-refractivity contribution in [2.45, 2.75) is 34.1 Å². The Hall–Kier alpha value is -1.84. The van der Waals surface area contributed by atoms with Gasteiger partial charge in [-0.1, -0.05) is 26.0 Å². The second-order valence-electron chi connectivity index (χ2n) is 5.64. The molecule has 0 bridgehead atoms. The number of amides is 2. The van der Waals surface area contributed by atoms with E-state index in [4.69, 9.17) is 0 Å². The molecule has 0 spiro atoms. The van der Waals surface area contributed by atoms with Gasteiger partial charge in [0.05, 0.1) is 6.54 Å².